The summed E-state index contributed by atoms with van der Waals surface area (Å²) in [6, 6.07) is 6.60. The van der Waals surface area contributed by atoms with Gasteiger partial charge in [0.05, 0.1) is 12.7 Å². The highest BCUT2D eigenvalue weighted by Crippen LogP contribution is 2.19. The molecule has 1 aliphatic heterocycles. The molecule has 5 heteroatoms. The van der Waals surface area contributed by atoms with Crippen LogP contribution in [0.25, 0.3) is 0 Å². The maximum atomic E-state index is 13.3. The first-order valence-corrected chi connectivity index (χ1v) is 5.90. The maximum Gasteiger partial charge on any atom is 0.337 e. The van der Waals surface area contributed by atoms with Crippen molar-refractivity contribution in [3.8, 4) is 5.75 Å². The van der Waals surface area contributed by atoms with Gasteiger partial charge in [-0.15, -0.1) is 0 Å². The number of methoxy groups -OCH3 is 1. The van der Waals surface area contributed by atoms with E-state index in [-0.39, 0.29) is 12.7 Å². The number of benzene rings is 1. The normalized spacial score (nSPS) is 19.8. The molecule has 98 valence electrons. The molecule has 0 bridgehead atoms. The highest BCUT2D eigenvalue weighted by molar-refractivity contribution is 5.89. The Hall–Kier alpha value is -1.62. The van der Waals surface area contributed by atoms with E-state index in [1.54, 1.807) is 29.2 Å². The number of halogens is 1. The van der Waals surface area contributed by atoms with Crippen LogP contribution in [0.4, 0.5) is 4.39 Å². The van der Waals surface area contributed by atoms with Crippen LogP contribution in [0.2, 0.25) is 0 Å². The molecule has 0 amide bonds. The van der Waals surface area contributed by atoms with E-state index in [1.807, 2.05) is 0 Å². The number of hydrogen-bond donors (Lipinski definition) is 0. The molecule has 18 heavy (non-hydrogen) atoms. The second kappa shape index (κ2) is 5.82. The van der Waals surface area contributed by atoms with Gasteiger partial charge in [0.2, 0.25) is 0 Å². The molecule has 1 atom stereocenters. The number of rotatable bonds is 4. The van der Waals surface area contributed by atoms with Crippen molar-refractivity contribution in [2.75, 3.05) is 20.4 Å². The summed E-state index contributed by atoms with van der Waals surface area (Å²) in [6.07, 6.45) is 0.538. The van der Waals surface area contributed by atoms with E-state index in [0.29, 0.717) is 17.7 Å². The van der Waals surface area contributed by atoms with Crippen LogP contribution >= 0.6 is 0 Å². The molecule has 2 rings (SSSR count). The molecule has 0 aliphatic carbocycles. The third-order valence-electron chi connectivity index (χ3n) is 2.96. The Bertz CT molecular complexity index is 407. The van der Waals surface area contributed by atoms with Crippen LogP contribution in [0.3, 0.4) is 0 Å². The molecule has 0 N–H and O–H groups in total. The molecular weight excluding hydrogens is 237 g/mol. The molecule has 1 aromatic rings. The first-order chi connectivity index (χ1) is 8.70. The van der Waals surface area contributed by atoms with Gasteiger partial charge in [-0.25, -0.2) is 14.1 Å². The van der Waals surface area contributed by atoms with Crippen LogP contribution in [0, 0.1) is 0 Å². The first kappa shape index (κ1) is 12.8. The molecule has 0 saturated carbocycles. The summed E-state index contributed by atoms with van der Waals surface area (Å²) in [6.45, 7) is 0.958. The summed E-state index contributed by atoms with van der Waals surface area (Å²) in [5, 5.41) is 0. The van der Waals surface area contributed by atoms with Crippen LogP contribution in [0.1, 0.15) is 23.2 Å². The molecule has 4 nitrogen and oxygen atoms in total. The number of likely N-dealkylation sites (tertiary alicyclic amines) is 1. The van der Waals surface area contributed by atoms with Crippen molar-refractivity contribution in [3.05, 3.63) is 29.8 Å². The lowest BCUT2D eigenvalue weighted by Gasteiger charge is -2.18. The lowest BCUT2D eigenvalue weighted by Crippen LogP contribution is -2.30. The fourth-order valence-corrected chi connectivity index (χ4v) is 1.89. The molecule has 1 fully saturated rings. The van der Waals surface area contributed by atoms with Crippen molar-refractivity contribution in [1.29, 1.82) is 0 Å². The van der Waals surface area contributed by atoms with Gasteiger partial charge >= 0.3 is 5.97 Å². The predicted octanol–water partition coefficient (Wildman–Crippen LogP) is 2.20. The van der Waals surface area contributed by atoms with Gasteiger partial charge in [0.15, 0.2) is 6.30 Å². The van der Waals surface area contributed by atoms with Gasteiger partial charge in [-0.3, -0.25) is 0 Å². The minimum atomic E-state index is -0.903. The molecule has 0 radical (unpaired) electrons. The van der Waals surface area contributed by atoms with Crippen molar-refractivity contribution >= 4 is 5.97 Å². The zero-order chi connectivity index (χ0) is 13.0. The van der Waals surface area contributed by atoms with Gasteiger partial charge < -0.3 is 9.47 Å². The fraction of sp³-hybridized carbons (Fsp3) is 0.462. The zero-order valence-corrected chi connectivity index (χ0v) is 10.3. The van der Waals surface area contributed by atoms with Crippen LogP contribution in [-0.2, 0) is 4.74 Å². The number of alkyl halides is 1. The molecule has 1 aromatic carbocycles. The SMILES string of the molecule is COC(=O)c1ccc(OCN2CCC[C@@H]2F)cc1. The summed E-state index contributed by atoms with van der Waals surface area (Å²) in [5.41, 5.74) is 0.467. The molecule has 1 heterocycles. The number of nitrogens with zero attached hydrogens (tertiary/aromatic N) is 1. The fourth-order valence-electron chi connectivity index (χ4n) is 1.89. The lowest BCUT2D eigenvalue weighted by atomic mass is 10.2. The van der Waals surface area contributed by atoms with E-state index < -0.39 is 6.30 Å². The number of hydrogen-bond acceptors (Lipinski definition) is 4. The average Bonchev–Trinajstić information content (AvgIpc) is 2.81. The van der Waals surface area contributed by atoms with Crippen molar-refractivity contribution in [2.24, 2.45) is 0 Å². The molecule has 0 aromatic heterocycles. The van der Waals surface area contributed by atoms with E-state index in [9.17, 15) is 9.18 Å². The van der Waals surface area contributed by atoms with E-state index in [0.717, 1.165) is 13.0 Å². The number of carbonyl (C=O) groups is 1. The first-order valence-electron chi connectivity index (χ1n) is 5.90. The Labute approximate surface area is 105 Å². The zero-order valence-electron chi connectivity index (χ0n) is 10.3. The summed E-state index contributed by atoms with van der Waals surface area (Å²) in [4.78, 5) is 12.9. The van der Waals surface area contributed by atoms with E-state index >= 15 is 0 Å². The summed E-state index contributed by atoms with van der Waals surface area (Å²) < 4.78 is 23.3. The van der Waals surface area contributed by atoms with Crippen LogP contribution < -0.4 is 4.74 Å². The highest BCUT2D eigenvalue weighted by Gasteiger charge is 2.23. The van der Waals surface area contributed by atoms with Crippen molar-refractivity contribution in [1.82, 2.24) is 4.90 Å². The van der Waals surface area contributed by atoms with Crippen LogP contribution in [-0.4, -0.2) is 37.6 Å². The molecular formula is C13H16FNO3. The standard InChI is InChI=1S/C13H16FNO3/c1-17-13(16)10-4-6-11(7-5-10)18-9-15-8-2-3-12(15)14/h4-7,12H,2-3,8-9H2,1H3/t12-/m1/s1. The van der Waals surface area contributed by atoms with Gasteiger partial charge in [-0.05, 0) is 37.1 Å². The molecule has 1 aliphatic rings. The van der Waals surface area contributed by atoms with Crippen molar-refractivity contribution in [3.63, 3.8) is 0 Å². The van der Waals surface area contributed by atoms with Gasteiger partial charge in [0.25, 0.3) is 0 Å². The third-order valence-corrected chi connectivity index (χ3v) is 2.96. The number of esters is 1. The Morgan fingerprint density at radius 1 is 1.44 bits per heavy atom. The topological polar surface area (TPSA) is 38.8 Å². The average molecular weight is 253 g/mol. The minimum Gasteiger partial charge on any atom is -0.478 e. The number of carbonyl (C=O) groups excluding carboxylic acids is 1. The quantitative estimate of drug-likeness (QED) is 0.609. The van der Waals surface area contributed by atoms with Gasteiger partial charge in [-0.2, -0.15) is 0 Å². The molecule has 0 spiro atoms. The number of ether oxygens (including phenoxy) is 2. The van der Waals surface area contributed by atoms with Gasteiger partial charge in [0, 0.05) is 6.54 Å². The van der Waals surface area contributed by atoms with E-state index in [4.69, 9.17) is 4.74 Å². The van der Waals surface area contributed by atoms with E-state index in [2.05, 4.69) is 4.74 Å². The second-order valence-electron chi connectivity index (χ2n) is 4.18. The Morgan fingerprint density at radius 2 is 2.17 bits per heavy atom. The summed E-state index contributed by atoms with van der Waals surface area (Å²) in [5.74, 6) is 0.228. The Morgan fingerprint density at radius 3 is 2.72 bits per heavy atom. The molecule has 0 unspecified atom stereocenters. The van der Waals surface area contributed by atoms with Crippen molar-refractivity contribution in [2.45, 2.75) is 19.1 Å². The maximum absolute atomic E-state index is 13.3. The van der Waals surface area contributed by atoms with Crippen molar-refractivity contribution < 1.29 is 18.7 Å². The monoisotopic (exact) mass is 253 g/mol. The lowest BCUT2D eigenvalue weighted by molar-refractivity contribution is 0.0509. The largest absolute Gasteiger partial charge is 0.478 e. The summed E-state index contributed by atoms with van der Waals surface area (Å²) >= 11 is 0. The Balaban J connectivity index is 1.88. The van der Waals surface area contributed by atoms with Crippen LogP contribution in [0.15, 0.2) is 24.3 Å². The smallest absolute Gasteiger partial charge is 0.337 e. The van der Waals surface area contributed by atoms with E-state index in [1.165, 1.54) is 7.11 Å². The van der Waals surface area contributed by atoms with Crippen LogP contribution in [0.5, 0.6) is 5.75 Å². The Kier molecular flexibility index (Phi) is 4.15. The predicted molar refractivity (Wildman–Crippen MR) is 64.1 cm³/mol. The minimum absolute atomic E-state index is 0.235. The van der Waals surface area contributed by atoms with Gasteiger partial charge in [0.1, 0.15) is 12.5 Å². The summed E-state index contributed by atoms with van der Waals surface area (Å²) in [7, 11) is 1.33. The molecule has 1 saturated heterocycles. The third kappa shape index (κ3) is 2.98. The second-order valence-corrected chi connectivity index (χ2v) is 4.18. The highest BCUT2D eigenvalue weighted by atomic mass is 19.1. The van der Waals surface area contributed by atoms with Gasteiger partial charge in [-0.1, -0.05) is 0 Å².